The number of aromatic nitrogens is 2. The number of primary amides is 1. The van der Waals surface area contributed by atoms with E-state index in [0.717, 1.165) is 16.6 Å². The highest BCUT2D eigenvalue weighted by Crippen LogP contribution is 2.32. The molecule has 3 N–H and O–H groups in total. The molecule has 0 fully saturated rings. The van der Waals surface area contributed by atoms with Crippen LogP contribution >= 0.6 is 22.9 Å². The van der Waals surface area contributed by atoms with Crippen molar-refractivity contribution < 1.29 is 4.79 Å². The summed E-state index contributed by atoms with van der Waals surface area (Å²) in [6.45, 7) is 5.88. The predicted octanol–water partition coefficient (Wildman–Crippen LogP) is 2.97. The van der Waals surface area contributed by atoms with E-state index in [4.69, 9.17) is 17.3 Å². The van der Waals surface area contributed by atoms with Gasteiger partial charge in [-0.3, -0.25) is 4.79 Å². The van der Waals surface area contributed by atoms with Crippen molar-refractivity contribution in [3.63, 3.8) is 0 Å². The lowest BCUT2D eigenvalue weighted by atomic mass is 10.0. The van der Waals surface area contributed by atoms with E-state index in [9.17, 15) is 4.79 Å². The van der Waals surface area contributed by atoms with E-state index in [2.05, 4.69) is 28.3 Å². The zero-order chi connectivity index (χ0) is 14.9. The third-order valence-corrected chi connectivity index (χ3v) is 4.18. The van der Waals surface area contributed by atoms with Crippen LogP contribution in [0.15, 0.2) is 6.07 Å². The maximum absolute atomic E-state index is 11.1. The van der Waals surface area contributed by atoms with Crippen LogP contribution in [0.4, 0.5) is 5.82 Å². The molecule has 20 heavy (non-hydrogen) atoms. The Kier molecular flexibility index (Phi) is 4.15. The number of halogens is 1. The second-order valence-electron chi connectivity index (χ2n) is 5.28. The van der Waals surface area contributed by atoms with Crippen molar-refractivity contribution >= 4 is 44.9 Å². The van der Waals surface area contributed by atoms with Gasteiger partial charge >= 0.3 is 0 Å². The third kappa shape index (κ3) is 3.37. The van der Waals surface area contributed by atoms with Crippen molar-refractivity contribution in [2.45, 2.75) is 39.2 Å². The first-order valence-electron chi connectivity index (χ1n) is 6.33. The van der Waals surface area contributed by atoms with Gasteiger partial charge in [-0.15, -0.1) is 11.3 Å². The van der Waals surface area contributed by atoms with Crippen LogP contribution < -0.4 is 11.1 Å². The maximum atomic E-state index is 11.1. The van der Waals surface area contributed by atoms with Crippen molar-refractivity contribution in [2.75, 3.05) is 5.32 Å². The average Bonchev–Trinajstić information content (AvgIpc) is 2.69. The van der Waals surface area contributed by atoms with E-state index < -0.39 is 5.54 Å². The first-order chi connectivity index (χ1) is 9.30. The standard InChI is InChI=1S/C13H17ClN4OS/c1-4-7-5-8-10(16-12(14)17-11(8)20-7)18-13(2,3)6-9(15)19/h5H,4,6H2,1-3H3,(H2,15,19)(H,16,17,18). The summed E-state index contributed by atoms with van der Waals surface area (Å²) in [6.07, 6.45) is 1.14. The molecule has 2 aromatic heterocycles. The second-order valence-corrected chi connectivity index (χ2v) is 6.73. The van der Waals surface area contributed by atoms with Crippen LogP contribution in [0.3, 0.4) is 0 Å². The summed E-state index contributed by atoms with van der Waals surface area (Å²) in [5.74, 6) is 0.278. The van der Waals surface area contributed by atoms with Crippen molar-refractivity contribution in [1.29, 1.82) is 0 Å². The molecule has 2 aromatic rings. The molecule has 0 saturated heterocycles. The van der Waals surface area contributed by atoms with Crippen molar-refractivity contribution in [2.24, 2.45) is 5.73 Å². The molecule has 2 heterocycles. The Morgan fingerprint density at radius 1 is 1.50 bits per heavy atom. The summed E-state index contributed by atoms with van der Waals surface area (Å²) < 4.78 is 0. The summed E-state index contributed by atoms with van der Waals surface area (Å²) in [7, 11) is 0. The molecule has 0 aliphatic heterocycles. The first-order valence-corrected chi connectivity index (χ1v) is 7.52. The van der Waals surface area contributed by atoms with Crippen LogP contribution in [0.2, 0.25) is 5.28 Å². The van der Waals surface area contributed by atoms with E-state index in [1.807, 2.05) is 13.8 Å². The van der Waals surface area contributed by atoms with Crippen molar-refractivity contribution in [1.82, 2.24) is 9.97 Å². The zero-order valence-electron chi connectivity index (χ0n) is 11.7. The molecule has 2 rings (SSSR count). The number of hydrogen-bond donors (Lipinski definition) is 2. The molecule has 0 radical (unpaired) electrons. The highest BCUT2D eigenvalue weighted by molar-refractivity contribution is 7.18. The number of nitrogens with two attached hydrogens (primary N) is 1. The minimum atomic E-state index is -0.495. The van der Waals surface area contributed by atoms with E-state index in [1.165, 1.54) is 4.88 Å². The molecule has 0 aliphatic carbocycles. The number of thiophene rings is 1. The Bertz CT molecular complexity index is 653. The quantitative estimate of drug-likeness (QED) is 0.832. The molecule has 0 atom stereocenters. The van der Waals surface area contributed by atoms with Crippen LogP contribution in [-0.2, 0) is 11.2 Å². The lowest BCUT2D eigenvalue weighted by molar-refractivity contribution is -0.118. The second kappa shape index (κ2) is 5.54. The van der Waals surface area contributed by atoms with Crippen LogP contribution in [0.5, 0.6) is 0 Å². The van der Waals surface area contributed by atoms with Crippen molar-refractivity contribution in [3.8, 4) is 0 Å². The Morgan fingerprint density at radius 2 is 2.20 bits per heavy atom. The van der Waals surface area contributed by atoms with Gasteiger partial charge < -0.3 is 11.1 Å². The minimum Gasteiger partial charge on any atom is -0.370 e. The maximum Gasteiger partial charge on any atom is 0.225 e. The molecule has 0 aromatic carbocycles. The van der Waals surface area contributed by atoms with Gasteiger partial charge in [-0.25, -0.2) is 9.97 Å². The van der Waals surface area contributed by atoms with E-state index in [1.54, 1.807) is 11.3 Å². The third-order valence-electron chi connectivity index (χ3n) is 2.84. The number of rotatable bonds is 5. The largest absolute Gasteiger partial charge is 0.370 e. The van der Waals surface area contributed by atoms with Gasteiger partial charge in [0.25, 0.3) is 0 Å². The fourth-order valence-corrected chi connectivity index (χ4v) is 3.20. The summed E-state index contributed by atoms with van der Waals surface area (Å²) in [5.41, 5.74) is 4.77. The number of amides is 1. The topological polar surface area (TPSA) is 80.9 Å². The molecular weight excluding hydrogens is 296 g/mol. The molecule has 5 nitrogen and oxygen atoms in total. The van der Waals surface area contributed by atoms with Gasteiger partial charge in [0.1, 0.15) is 10.6 Å². The predicted molar refractivity (Wildman–Crippen MR) is 83.3 cm³/mol. The molecule has 0 aliphatic rings. The molecule has 1 amide bonds. The summed E-state index contributed by atoms with van der Waals surface area (Å²) in [6, 6.07) is 2.05. The molecule has 0 unspecified atom stereocenters. The number of carbonyl (C=O) groups excluding carboxylic acids is 1. The average molecular weight is 313 g/mol. The van der Waals surface area contributed by atoms with Gasteiger partial charge in [0, 0.05) is 16.8 Å². The first kappa shape index (κ1) is 15.0. The minimum absolute atomic E-state index is 0.194. The summed E-state index contributed by atoms with van der Waals surface area (Å²) in [5, 5.41) is 4.36. The van der Waals surface area contributed by atoms with Crippen molar-refractivity contribution in [3.05, 3.63) is 16.2 Å². The van der Waals surface area contributed by atoms with E-state index in [0.29, 0.717) is 5.82 Å². The van der Waals surface area contributed by atoms with Crippen LogP contribution in [0.1, 0.15) is 32.1 Å². The molecular formula is C13H17ClN4OS. The van der Waals surface area contributed by atoms with Crippen LogP contribution in [-0.4, -0.2) is 21.4 Å². The highest BCUT2D eigenvalue weighted by atomic mass is 35.5. The van der Waals surface area contributed by atoms with Gasteiger partial charge in [-0.1, -0.05) is 6.92 Å². The number of carbonyl (C=O) groups is 1. The Balaban J connectivity index is 2.42. The van der Waals surface area contributed by atoms with Gasteiger partial charge in [-0.2, -0.15) is 0 Å². The fourth-order valence-electron chi connectivity index (χ4n) is 2.02. The van der Waals surface area contributed by atoms with E-state index in [-0.39, 0.29) is 17.6 Å². The highest BCUT2D eigenvalue weighted by Gasteiger charge is 2.23. The zero-order valence-corrected chi connectivity index (χ0v) is 13.2. The van der Waals surface area contributed by atoms with E-state index >= 15 is 0 Å². The lowest BCUT2D eigenvalue weighted by Crippen LogP contribution is -2.36. The number of aryl methyl sites for hydroxylation is 1. The van der Waals surface area contributed by atoms with Gasteiger partial charge in [0.05, 0.1) is 5.39 Å². The Hall–Kier alpha value is -1.40. The molecule has 108 valence electrons. The monoisotopic (exact) mass is 312 g/mol. The molecule has 0 spiro atoms. The number of hydrogen-bond acceptors (Lipinski definition) is 5. The SMILES string of the molecule is CCc1cc2c(NC(C)(C)CC(N)=O)nc(Cl)nc2s1. The number of anilines is 1. The van der Waals surface area contributed by atoms with Gasteiger partial charge in [-0.05, 0) is 37.9 Å². The van der Waals surface area contributed by atoms with Gasteiger partial charge in [0.2, 0.25) is 11.2 Å². The number of nitrogens with one attached hydrogen (secondary N) is 1. The fraction of sp³-hybridized carbons (Fsp3) is 0.462. The van der Waals surface area contributed by atoms with Gasteiger partial charge in [0.15, 0.2) is 0 Å². The Morgan fingerprint density at radius 3 is 2.80 bits per heavy atom. The summed E-state index contributed by atoms with van der Waals surface area (Å²) >= 11 is 7.56. The van der Waals surface area contributed by atoms with Crippen LogP contribution in [0, 0.1) is 0 Å². The normalized spacial score (nSPS) is 11.8. The molecule has 7 heteroatoms. The number of nitrogens with zero attached hydrogens (tertiary/aromatic N) is 2. The van der Waals surface area contributed by atoms with Crippen LogP contribution in [0.25, 0.3) is 10.2 Å². The molecule has 0 saturated carbocycles. The Labute approximate surface area is 126 Å². The smallest absolute Gasteiger partial charge is 0.225 e. The number of fused-ring (bicyclic) bond motifs is 1. The summed E-state index contributed by atoms with van der Waals surface area (Å²) in [4.78, 5) is 21.6. The molecule has 0 bridgehead atoms. The lowest BCUT2D eigenvalue weighted by Gasteiger charge is -2.25.